The summed E-state index contributed by atoms with van der Waals surface area (Å²) in [5, 5.41) is 18.2. The van der Waals surface area contributed by atoms with E-state index >= 15 is 0 Å². The Bertz CT molecular complexity index is 397. The van der Waals surface area contributed by atoms with Crippen molar-refractivity contribution < 1.29 is 24.1 Å². The molecule has 0 aliphatic rings. The summed E-state index contributed by atoms with van der Waals surface area (Å²) in [5.74, 6) is -1.36. The van der Waals surface area contributed by atoms with E-state index in [9.17, 15) is 14.3 Å². The molecular weight excluding hydrogens is 247 g/mol. The molecule has 0 heterocycles. The zero-order valence-electron chi connectivity index (χ0n) is 9.22. The van der Waals surface area contributed by atoms with Gasteiger partial charge in [-0.15, -0.1) is 11.8 Å². The number of hydrogen-bond acceptors (Lipinski definition) is 4. The molecule has 0 spiro atoms. The first-order chi connectivity index (χ1) is 8.04. The monoisotopic (exact) mass is 260 g/mol. The van der Waals surface area contributed by atoms with Gasteiger partial charge in [-0.05, 0) is 18.2 Å². The van der Waals surface area contributed by atoms with Crippen molar-refractivity contribution >= 4 is 17.7 Å². The Morgan fingerprint density at radius 3 is 2.88 bits per heavy atom. The molecule has 0 saturated carbocycles. The number of rotatable bonds is 6. The summed E-state index contributed by atoms with van der Waals surface area (Å²) in [6.45, 7) is 0.160. The Kier molecular flexibility index (Phi) is 5.40. The van der Waals surface area contributed by atoms with Gasteiger partial charge in [-0.25, -0.2) is 9.18 Å². The van der Waals surface area contributed by atoms with E-state index in [0.29, 0.717) is 0 Å². The van der Waals surface area contributed by atoms with Crippen molar-refractivity contribution in [3.63, 3.8) is 0 Å². The fourth-order valence-electron chi connectivity index (χ4n) is 1.17. The highest BCUT2D eigenvalue weighted by molar-refractivity contribution is 7.99. The number of aromatic carboxylic acids is 1. The second-order valence-corrected chi connectivity index (χ2v) is 4.43. The lowest BCUT2D eigenvalue weighted by molar-refractivity contribution is 0.0696. The topological polar surface area (TPSA) is 66.8 Å². The smallest absolute Gasteiger partial charge is 0.335 e. The number of methoxy groups -OCH3 is 1. The van der Waals surface area contributed by atoms with Crippen LogP contribution in [0, 0.1) is 5.82 Å². The molecule has 0 aliphatic heterocycles. The minimum absolute atomic E-state index is 0.0233. The molecule has 1 atom stereocenters. The third-order valence-electron chi connectivity index (χ3n) is 1.97. The van der Waals surface area contributed by atoms with Crippen LogP contribution in [0.1, 0.15) is 10.4 Å². The van der Waals surface area contributed by atoms with Crippen molar-refractivity contribution in [2.45, 2.75) is 11.0 Å². The highest BCUT2D eigenvalue weighted by atomic mass is 32.2. The maximum atomic E-state index is 13.3. The lowest BCUT2D eigenvalue weighted by Crippen LogP contribution is -2.16. The molecule has 0 aliphatic carbocycles. The van der Waals surface area contributed by atoms with E-state index in [2.05, 4.69) is 0 Å². The highest BCUT2D eigenvalue weighted by Gasteiger charge is 2.11. The second kappa shape index (κ2) is 6.58. The van der Waals surface area contributed by atoms with Crippen LogP contribution in [0.2, 0.25) is 0 Å². The van der Waals surface area contributed by atoms with Crippen molar-refractivity contribution in [1.29, 1.82) is 0 Å². The number of halogens is 1. The number of benzene rings is 1. The van der Waals surface area contributed by atoms with Crippen LogP contribution in [-0.2, 0) is 4.74 Å². The van der Waals surface area contributed by atoms with Crippen LogP contribution >= 0.6 is 11.8 Å². The molecular formula is C11H13FO4S. The molecule has 0 amide bonds. The maximum absolute atomic E-state index is 13.3. The van der Waals surface area contributed by atoms with Crippen LogP contribution in [0.5, 0.6) is 0 Å². The van der Waals surface area contributed by atoms with Crippen LogP contribution in [-0.4, -0.2) is 41.8 Å². The number of carboxylic acid groups (broad SMARTS) is 1. The first kappa shape index (κ1) is 14.0. The SMILES string of the molecule is COCC(O)CSc1cc(C(=O)O)ccc1F. The van der Waals surface area contributed by atoms with Gasteiger partial charge >= 0.3 is 5.97 Å². The molecule has 1 aromatic rings. The molecule has 1 unspecified atom stereocenters. The van der Waals surface area contributed by atoms with Crippen LogP contribution in [0.15, 0.2) is 23.1 Å². The van der Waals surface area contributed by atoms with Gasteiger partial charge in [-0.3, -0.25) is 0 Å². The van der Waals surface area contributed by atoms with E-state index in [1.807, 2.05) is 0 Å². The quantitative estimate of drug-likeness (QED) is 0.761. The van der Waals surface area contributed by atoms with Gasteiger partial charge in [0.25, 0.3) is 0 Å². The first-order valence-corrected chi connectivity index (χ1v) is 5.85. The summed E-state index contributed by atoms with van der Waals surface area (Å²) in [6, 6.07) is 3.56. The lowest BCUT2D eigenvalue weighted by atomic mass is 10.2. The van der Waals surface area contributed by atoms with Gasteiger partial charge in [0.1, 0.15) is 5.82 Å². The number of ether oxygens (including phenoxy) is 1. The Morgan fingerprint density at radius 1 is 1.59 bits per heavy atom. The van der Waals surface area contributed by atoms with Crippen molar-refractivity contribution in [2.75, 3.05) is 19.5 Å². The third kappa shape index (κ3) is 4.33. The normalized spacial score (nSPS) is 12.4. The molecule has 0 aromatic heterocycles. The van der Waals surface area contributed by atoms with E-state index in [0.717, 1.165) is 17.8 Å². The Labute approximate surface area is 102 Å². The Balaban J connectivity index is 2.69. The summed E-state index contributed by atoms with van der Waals surface area (Å²) in [5.41, 5.74) is 0.0233. The number of aliphatic hydroxyl groups excluding tert-OH is 1. The minimum Gasteiger partial charge on any atom is -0.478 e. The summed E-state index contributed by atoms with van der Waals surface area (Å²) in [4.78, 5) is 10.9. The van der Waals surface area contributed by atoms with E-state index in [1.54, 1.807) is 0 Å². The van der Waals surface area contributed by atoms with Crippen molar-refractivity contribution in [1.82, 2.24) is 0 Å². The van der Waals surface area contributed by atoms with Crippen LogP contribution in [0.25, 0.3) is 0 Å². The molecule has 2 N–H and O–H groups in total. The maximum Gasteiger partial charge on any atom is 0.335 e. The lowest BCUT2D eigenvalue weighted by Gasteiger charge is -2.09. The zero-order valence-corrected chi connectivity index (χ0v) is 10.0. The molecule has 6 heteroatoms. The predicted molar refractivity (Wildman–Crippen MR) is 62.0 cm³/mol. The summed E-state index contributed by atoms with van der Waals surface area (Å²) < 4.78 is 18.1. The largest absolute Gasteiger partial charge is 0.478 e. The summed E-state index contributed by atoms with van der Waals surface area (Å²) >= 11 is 1.06. The fraction of sp³-hybridized carbons (Fsp3) is 0.364. The van der Waals surface area contributed by atoms with Gasteiger partial charge in [0.2, 0.25) is 0 Å². The third-order valence-corrected chi connectivity index (χ3v) is 3.14. The number of carbonyl (C=O) groups is 1. The van der Waals surface area contributed by atoms with Gasteiger partial charge in [-0.1, -0.05) is 0 Å². The number of thioether (sulfide) groups is 1. The van der Waals surface area contributed by atoms with Crippen molar-refractivity contribution in [3.8, 4) is 0 Å². The van der Waals surface area contributed by atoms with Crippen molar-refractivity contribution in [2.24, 2.45) is 0 Å². The van der Waals surface area contributed by atoms with Crippen molar-refractivity contribution in [3.05, 3.63) is 29.6 Å². The Morgan fingerprint density at radius 2 is 2.29 bits per heavy atom. The van der Waals surface area contributed by atoms with Gasteiger partial charge in [-0.2, -0.15) is 0 Å². The van der Waals surface area contributed by atoms with Gasteiger partial charge < -0.3 is 14.9 Å². The van der Waals surface area contributed by atoms with Gasteiger partial charge in [0.15, 0.2) is 0 Å². The molecule has 0 bridgehead atoms. The van der Waals surface area contributed by atoms with Gasteiger partial charge in [0, 0.05) is 17.8 Å². The standard InChI is InChI=1S/C11H13FO4S/c1-16-5-8(13)6-17-10-4-7(11(14)15)2-3-9(10)12/h2-4,8,13H,5-6H2,1H3,(H,14,15). The molecule has 94 valence electrons. The predicted octanol–water partition coefficient (Wildman–Crippen LogP) is 1.62. The molecule has 0 saturated heterocycles. The molecule has 1 aromatic carbocycles. The average molecular weight is 260 g/mol. The van der Waals surface area contributed by atoms with Crippen LogP contribution < -0.4 is 0 Å². The minimum atomic E-state index is -1.11. The van der Waals surface area contributed by atoms with E-state index < -0.39 is 17.9 Å². The summed E-state index contributed by atoms with van der Waals surface area (Å²) in [6.07, 6.45) is -0.710. The van der Waals surface area contributed by atoms with E-state index in [-0.39, 0.29) is 22.8 Å². The summed E-state index contributed by atoms with van der Waals surface area (Å²) in [7, 11) is 1.46. The van der Waals surface area contributed by atoms with Crippen LogP contribution in [0.3, 0.4) is 0 Å². The molecule has 0 radical (unpaired) electrons. The highest BCUT2D eigenvalue weighted by Crippen LogP contribution is 2.23. The molecule has 17 heavy (non-hydrogen) atoms. The molecule has 0 fully saturated rings. The molecule has 4 nitrogen and oxygen atoms in total. The fourth-order valence-corrected chi connectivity index (χ4v) is 2.06. The van der Waals surface area contributed by atoms with E-state index in [1.165, 1.54) is 19.2 Å². The average Bonchev–Trinajstić information content (AvgIpc) is 2.28. The van der Waals surface area contributed by atoms with Crippen LogP contribution in [0.4, 0.5) is 4.39 Å². The first-order valence-electron chi connectivity index (χ1n) is 4.87. The molecule has 1 rings (SSSR count). The Hall–Kier alpha value is -1.11. The zero-order chi connectivity index (χ0) is 12.8. The number of aliphatic hydroxyl groups is 1. The van der Waals surface area contributed by atoms with E-state index in [4.69, 9.17) is 9.84 Å². The van der Waals surface area contributed by atoms with Gasteiger partial charge in [0.05, 0.1) is 18.3 Å². The number of hydrogen-bond donors (Lipinski definition) is 2. The second-order valence-electron chi connectivity index (χ2n) is 3.37. The number of carboxylic acids is 1.